The van der Waals surface area contributed by atoms with Crippen LogP contribution in [0.25, 0.3) is 16.9 Å². The number of imidazole rings is 1. The summed E-state index contributed by atoms with van der Waals surface area (Å²) in [7, 11) is 1.56. The van der Waals surface area contributed by atoms with E-state index in [9.17, 15) is 9.18 Å². The van der Waals surface area contributed by atoms with Gasteiger partial charge in [-0.2, -0.15) is 4.98 Å². The summed E-state index contributed by atoms with van der Waals surface area (Å²) in [5.74, 6) is 0.576. The summed E-state index contributed by atoms with van der Waals surface area (Å²) in [5, 5.41) is 3.17. The third kappa shape index (κ3) is 4.11. The van der Waals surface area contributed by atoms with Gasteiger partial charge in [-0.15, -0.1) is 0 Å². The van der Waals surface area contributed by atoms with Crippen molar-refractivity contribution in [3.05, 3.63) is 107 Å². The molecule has 8 nitrogen and oxygen atoms in total. The Morgan fingerprint density at radius 2 is 1.94 bits per heavy atom. The molecule has 1 N–H and O–H groups in total. The fourth-order valence-electron chi connectivity index (χ4n) is 3.74. The van der Waals surface area contributed by atoms with Crippen LogP contribution in [0.2, 0.25) is 0 Å². The van der Waals surface area contributed by atoms with Gasteiger partial charge in [0.15, 0.2) is 5.65 Å². The van der Waals surface area contributed by atoms with E-state index in [1.165, 1.54) is 15.2 Å². The number of anilines is 1. The highest BCUT2D eigenvalue weighted by Crippen LogP contribution is 2.22. The maximum Gasteiger partial charge on any atom is 0.335 e. The van der Waals surface area contributed by atoms with Crippen LogP contribution in [-0.4, -0.2) is 31.2 Å². The van der Waals surface area contributed by atoms with E-state index < -0.39 is 0 Å². The highest BCUT2D eigenvalue weighted by atomic mass is 19.1. The second-order valence-electron chi connectivity index (χ2n) is 7.61. The van der Waals surface area contributed by atoms with Gasteiger partial charge in [-0.25, -0.2) is 18.7 Å². The van der Waals surface area contributed by atoms with Crippen LogP contribution in [0.1, 0.15) is 11.1 Å². The number of benzene rings is 2. The Kier molecular flexibility index (Phi) is 5.73. The Balaban J connectivity index is 1.63. The van der Waals surface area contributed by atoms with Gasteiger partial charge in [0.05, 0.1) is 25.5 Å². The number of nitrogens with one attached hydrogen (secondary N) is 1. The van der Waals surface area contributed by atoms with Gasteiger partial charge in [-0.3, -0.25) is 9.55 Å². The zero-order valence-corrected chi connectivity index (χ0v) is 18.4. The van der Waals surface area contributed by atoms with Gasteiger partial charge in [0.25, 0.3) is 0 Å². The molecule has 34 heavy (non-hydrogen) atoms. The molecule has 5 rings (SSSR count). The van der Waals surface area contributed by atoms with Gasteiger partial charge >= 0.3 is 5.69 Å². The molecule has 0 aliphatic heterocycles. The number of hydrogen-bond donors (Lipinski definition) is 1. The molecule has 0 spiro atoms. The molecule has 0 atom stereocenters. The lowest BCUT2D eigenvalue weighted by Gasteiger charge is -2.07. The first-order chi connectivity index (χ1) is 16.6. The average molecular weight is 456 g/mol. The zero-order valence-electron chi connectivity index (χ0n) is 18.4. The van der Waals surface area contributed by atoms with Crippen LogP contribution < -0.4 is 15.7 Å². The van der Waals surface area contributed by atoms with E-state index in [1.807, 2.05) is 12.1 Å². The number of rotatable bonds is 7. The van der Waals surface area contributed by atoms with Crippen LogP contribution in [0.4, 0.5) is 10.3 Å². The van der Waals surface area contributed by atoms with Crippen molar-refractivity contribution in [1.82, 2.24) is 24.1 Å². The summed E-state index contributed by atoms with van der Waals surface area (Å²) in [4.78, 5) is 26.7. The lowest BCUT2D eigenvalue weighted by Crippen LogP contribution is -2.24. The van der Waals surface area contributed by atoms with Crippen LogP contribution in [-0.2, 0) is 13.1 Å². The Labute approximate surface area is 194 Å². The van der Waals surface area contributed by atoms with E-state index >= 15 is 0 Å². The molecule has 0 unspecified atom stereocenters. The molecular weight excluding hydrogens is 435 g/mol. The lowest BCUT2D eigenvalue weighted by molar-refractivity contribution is 0.414. The zero-order chi connectivity index (χ0) is 23.5. The van der Waals surface area contributed by atoms with Crippen molar-refractivity contribution in [2.24, 2.45) is 0 Å². The summed E-state index contributed by atoms with van der Waals surface area (Å²) in [6.45, 7) is 0.517. The summed E-state index contributed by atoms with van der Waals surface area (Å²) in [5.41, 5.74) is 2.48. The molecule has 0 aliphatic carbocycles. The van der Waals surface area contributed by atoms with E-state index in [0.29, 0.717) is 40.7 Å². The molecule has 0 aliphatic rings. The normalized spacial score (nSPS) is 11.0. The van der Waals surface area contributed by atoms with E-state index in [4.69, 9.17) is 4.74 Å². The molecule has 0 radical (unpaired) electrons. The molecule has 0 saturated heterocycles. The number of aromatic nitrogens is 5. The molecule has 3 aromatic heterocycles. The Morgan fingerprint density at radius 1 is 1.06 bits per heavy atom. The van der Waals surface area contributed by atoms with Gasteiger partial charge in [0, 0.05) is 30.6 Å². The van der Waals surface area contributed by atoms with Crippen molar-refractivity contribution < 1.29 is 9.13 Å². The van der Waals surface area contributed by atoms with Crippen molar-refractivity contribution in [1.29, 1.82) is 0 Å². The minimum absolute atomic E-state index is 0.0464. The number of hydrogen-bond acceptors (Lipinski definition) is 6. The van der Waals surface area contributed by atoms with Gasteiger partial charge in [-0.1, -0.05) is 30.3 Å². The maximum atomic E-state index is 14.4. The largest absolute Gasteiger partial charge is 0.497 e. The van der Waals surface area contributed by atoms with E-state index in [-0.39, 0.29) is 18.1 Å². The fraction of sp³-hybridized carbons (Fsp3) is 0.120. The number of pyridine rings is 1. The Bertz CT molecular complexity index is 1510. The van der Waals surface area contributed by atoms with Crippen molar-refractivity contribution in [2.75, 3.05) is 12.4 Å². The lowest BCUT2D eigenvalue weighted by atomic mass is 10.2. The predicted molar refractivity (Wildman–Crippen MR) is 127 cm³/mol. The molecule has 3 heterocycles. The van der Waals surface area contributed by atoms with Gasteiger partial charge in [0.1, 0.15) is 17.1 Å². The average Bonchev–Trinajstić information content (AvgIpc) is 3.15. The first-order valence-electron chi connectivity index (χ1n) is 10.6. The third-order valence-electron chi connectivity index (χ3n) is 5.45. The second-order valence-corrected chi connectivity index (χ2v) is 7.61. The number of nitrogens with zero attached hydrogens (tertiary/aromatic N) is 5. The van der Waals surface area contributed by atoms with Crippen molar-refractivity contribution in [3.8, 4) is 11.4 Å². The number of ether oxygens (including phenoxy) is 1. The maximum absolute atomic E-state index is 14.4. The number of fused-ring (bicyclic) bond motifs is 1. The monoisotopic (exact) mass is 456 g/mol. The van der Waals surface area contributed by atoms with E-state index in [2.05, 4.69) is 20.3 Å². The van der Waals surface area contributed by atoms with Crippen LogP contribution in [0.15, 0.2) is 84.0 Å². The smallest absolute Gasteiger partial charge is 0.335 e. The third-order valence-corrected chi connectivity index (χ3v) is 5.45. The summed E-state index contributed by atoms with van der Waals surface area (Å²) in [6, 6.07) is 17.3. The molecule has 0 fully saturated rings. The molecule has 0 amide bonds. The molecule has 5 aromatic rings. The first kappa shape index (κ1) is 21.3. The van der Waals surface area contributed by atoms with Gasteiger partial charge < -0.3 is 10.1 Å². The Morgan fingerprint density at radius 3 is 2.74 bits per heavy atom. The highest BCUT2D eigenvalue weighted by Gasteiger charge is 2.19. The highest BCUT2D eigenvalue weighted by molar-refractivity contribution is 5.74. The fourth-order valence-corrected chi connectivity index (χ4v) is 3.74. The van der Waals surface area contributed by atoms with E-state index in [1.54, 1.807) is 68.2 Å². The molecule has 0 bridgehead atoms. The first-order valence-corrected chi connectivity index (χ1v) is 10.6. The molecule has 2 aromatic carbocycles. The van der Waals surface area contributed by atoms with Crippen molar-refractivity contribution >= 4 is 17.1 Å². The summed E-state index contributed by atoms with van der Waals surface area (Å²) < 4.78 is 22.7. The quantitative estimate of drug-likeness (QED) is 0.401. The standard InChI is InChI=1S/C25H21FN6O2/c1-34-20-9-4-8-19(12-20)32-23-22(31(25(32)33)16-18-7-2-3-10-21(18)26)15-29-24(30-23)28-14-17-6-5-11-27-13-17/h2-13,15H,14,16H2,1H3,(H,28,29,30). The van der Waals surface area contributed by atoms with Crippen LogP contribution in [0.5, 0.6) is 5.75 Å². The molecular formula is C25H21FN6O2. The van der Waals surface area contributed by atoms with E-state index in [0.717, 1.165) is 5.56 Å². The number of halogens is 1. The summed E-state index contributed by atoms with van der Waals surface area (Å²) in [6.07, 6.45) is 5.03. The van der Waals surface area contributed by atoms with Crippen LogP contribution in [0, 0.1) is 5.82 Å². The summed E-state index contributed by atoms with van der Waals surface area (Å²) >= 11 is 0. The number of methoxy groups -OCH3 is 1. The van der Waals surface area contributed by atoms with Crippen LogP contribution in [0.3, 0.4) is 0 Å². The second kappa shape index (κ2) is 9.14. The van der Waals surface area contributed by atoms with Crippen molar-refractivity contribution in [3.63, 3.8) is 0 Å². The predicted octanol–water partition coefficient (Wildman–Crippen LogP) is 3.79. The topological polar surface area (TPSA) is 86.9 Å². The van der Waals surface area contributed by atoms with Crippen LogP contribution >= 0.6 is 0 Å². The molecule has 9 heteroatoms. The minimum Gasteiger partial charge on any atom is -0.497 e. The molecule has 170 valence electrons. The minimum atomic E-state index is -0.382. The SMILES string of the molecule is COc1cccc(-n2c(=O)n(Cc3ccccc3F)c3cnc(NCc4cccnc4)nc32)c1. The van der Waals surface area contributed by atoms with Gasteiger partial charge in [-0.05, 0) is 29.8 Å². The Hall–Kier alpha value is -4.53. The van der Waals surface area contributed by atoms with Gasteiger partial charge in [0.2, 0.25) is 5.95 Å². The molecule has 0 saturated carbocycles. The van der Waals surface area contributed by atoms with Crippen molar-refractivity contribution in [2.45, 2.75) is 13.1 Å².